The summed E-state index contributed by atoms with van der Waals surface area (Å²) in [5.74, 6) is -3.35. The number of rotatable bonds is 2. The van der Waals surface area contributed by atoms with Crippen LogP contribution in [-0.4, -0.2) is 55.9 Å². The number of carboxylic acid groups (broad SMARTS) is 4. The first-order valence-corrected chi connectivity index (χ1v) is 7.09. The molecule has 0 amide bonds. The van der Waals surface area contributed by atoms with E-state index < -0.39 is 29.4 Å². The predicted octanol–water partition coefficient (Wildman–Crippen LogP) is -2.55. The van der Waals surface area contributed by atoms with Gasteiger partial charge in [0.05, 0.1) is 6.42 Å². The first-order chi connectivity index (χ1) is 10.7. The fraction of sp³-hybridized carbons (Fsp3) is 0.714. The SMILES string of the molecule is CC(=O)O.CC(=O)O.CC(=O)O.NC1CCCCC1(N)CC(=O)O.[H-].[Na+]. The second-order valence-electron chi connectivity index (χ2n) is 5.21. The molecule has 144 valence electrons. The number of hydrogen-bond acceptors (Lipinski definition) is 6. The smallest absolute Gasteiger partial charge is 1.00 e. The Hall–Kier alpha value is -1.20. The van der Waals surface area contributed by atoms with Crippen molar-refractivity contribution in [2.75, 3.05) is 0 Å². The third-order valence-electron chi connectivity index (χ3n) is 2.63. The summed E-state index contributed by atoms with van der Waals surface area (Å²) in [6, 6.07) is -0.151. The van der Waals surface area contributed by atoms with Crippen molar-refractivity contribution in [3.05, 3.63) is 0 Å². The van der Waals surface area contributed by atoms with Crippen LogP contribution in [0.15, 0.2) is 0 Å². The normalized spacial score (nSPS) is 20.4. The Morgan fingerprint density at radius 2 is 1.28 bits per heavy atom. The van der Waals surface area contributed by atoms with E-state index in [9.17, 15) is 4.79 Å². The molecule has 2 unspecified atom stereocenters. The molecule has 0 spiro atoms. The molecule has 0 aromatic heterocycles. The van der Waals surface area contributed by atoms with Gasteiger partial charge < -0.3 is 33.3 Å². The van der Waals surface area contributed by atoms with E-state index in [0.29, 0.717) is 0 Å². The zero-order valence-corrected chi connectivity index (χ0v) is 17.2. The maximum Gasteiger partial charge on any atom is 1.00 e. The molecule has 10 nitrogen and oxygen atoms in total. The fourth-order valence-corrected chi connectivity index (χ4v) is 1.79. The van der Waals surface area contributed by atoms with Crippen LogP contribution in [0.1, 0.15) is 54.3 Å². The summed E-state index contributed by atoms with van der Waals surface area (Å²) in [6.45, 7) is 3.25. The van der Waals surface area contributed by atoms with E-state index >= 15 is 0 Å². The summed E-state index contributed by atoms with van der Waals surface area (Å²) in [7, 11) is 0. The molecule has 2 atom stereocenters. The van der Waals surface area contributed by atoms with Gasteiger partial charge in [-0.3, -0.25) is 19.2 Å². The van der Waals surface area contributed by atoms with Crippen LogP contribution in [0.2, 0.25) is 0 Å². The first-order valence-electron chi connectivity index (χ1n) is 7.09. The molecule has 0 bridgehead atoms. The van der Waals surface area contributed by atoms with Crippen LogP contribution in [-0.2, 0) is 19.2 Å². The zero-order chi connectivity index (χ0) is 19.9. The van der Waals surface area contributed by atoms with E-state index in [1.54, 1.807) is 0 Å². The fourth-order valence-electron chi connectivity index (χ4n) is 1.79. The van der Waals surface area contributed by atoms with E-state index in [-0.39, 0.29) is 43.4 Å². The van der Waals surface area contributed by atoms with Crippen molar-refractivity contribution < 1.29 is 70.6 Å². The minimum absolute atomic E-state index is 0. The van der Waals surface area contributed by atoms with E-state index in [2.05, 4.69) is 0 Å². The maximum absolute atomic E-state index is 10.5. The molecule has 0 aromatic carbocycles. The number of carboxylic acids is 4. The van der Waals surface area contributed by atoms with E-state index in [0.717, 1.165) is 46.5 Å². The number of nitrogens with two attached hydrogens (primary N) is 2. The van der Waals surface area contributed by atoms with Gasteiger partial charge in [0.15, 0.2) is 0 Å². The Kier molecular flexibility index (Phi) is 22.2. The summed E-state index contributed by atoms with van der Waals surface area (Å²) in [4.78, 5) is 37.5. The van der Waals surface area contributed by atoms with Gasteiger partial charge in [0, 0.05) is 32.4 Å². The molecule has 0 saturated heterocycles. The number of carbonyl (C=O) groups is 4. The maximum atomic E-state index is 10.5. The summed E-state index contributed by atoms with van der Waals surface area (Å²) in [6.07, 6.45) is 3.65. The average Bonchev–Trinajstić information content (AvgIpc) is 2.30. The van der Waals surface area contributed by atoms with Crippen molar-refractivity contribution in [3.8, 4) is 0 Å². The summed E-state index contributed by atoms with van der Waals surface area (Å²) in [5, 5.41) is 30.9. The zero-order valence-electron chi connectivity index (χ0n) is 16.2. The van der Waals surface area contributed by atoms with E-state index in [1.165, 1.54) is 0 Å². The van der Waals surface area contributed by atoms with Gasteiger partial charge >= 0.3 is 35.5 Å². The Morgan fingerprint density at radius 1 is 0.960 bits per heavy atom. The van der Waals surface area contributed by atoms with Crippen LogP contribution in [0.3, 0.4) is 0 Å². The second-order valence-corrected chi connectivity index (χ2v) is 5.21. The number of aliphatic carboxylic acids is 4. The molecule has 1 fully saturated rings. The quantitative estimate of drug-likeness (QED) is 0.278. The van der Waals surface area contributed by atoms with Gasteiger partial charge in [-0.05, 0) is 12.8 Å². The molecular weight excluding hydrogens is 347 g/mol. The Bertz CT molecular complexity index is 385. The number of hydrogen-bond donors (Lipinski definition) is 6. The summed E-state index contributed by atoms with van der Waals surface area (Å²) in [5.41, 5.74) is 11.0. The van der Waals surface area contributed by atoms with Crippen LogP contribution in [0.4, 0.5) is 0 Å². The Labute approximate surface area is 170 Å². The Balaban J connectivity index is -0.0000000886. The summed E-state index contributed by atoms with van der Waals surface area (Å²) < 4.78 is 0. The Morgan fingerprint density at radius 3 is 1.52 bits per heavy atom. The molecule has 11 heteroatoms. The van der Waals surface area contributed by atoms with Crippen molar-refractivity contribution in [3.63, 3.8) is 0 Å². The van der Waals surface area contributed by atoms with Crippen LogP contribution in [0, 0.1) is 0 Å². The van der Waals surface area contributed by atoms with Gasteiger partial charge in [-0.2, -0.15) is 0 Å². The minimum atomic E-state index is -0.852. The van der Waals surface area contributed by atoms with E-state index in [1.807, 2.05) is 0 Å². The molecule has 1 aliphatic rings. The molecule has 0 aromatic rings. The van der Waals surface area contributed by atoms with Crippen molar-refractivity contribution in [1.29, 1.82) is 0 Å². The van der Waals surface area contributed by atoms with Crippen LogP contribution >= 0.6 is 0 Å². The minimum Gasteiger partial charge on any atom is -1.00 e. The standard InChI is InChI=1S/C8H16N2O2.3C2H4O2.Na.H/c9-6-3-1-2-4-8(6,10)5-7(11)12;3*1-2(3)4;;/h6H,1-5,9-10H2,(H,11,12);3*1H3,(H,3,4);;/q;;;;+1;-1. The van der Waals surface area contributed by atoms with Gasteiger partial charge in [-0.15, -0.1) is 0 Å². The van der Waals surface area contributed by atoms with Crippen molar-refractivity contribution >= 4 is 23.9 Å². The molecule has 1 rings (SSSR count). The summed E-state index contributed by atoms with van der Waals surface area (Å²) >= 11 is 0. The molecule has 1 aliphatic carbocycles. The van der Waals surface area contributed by atoms with Gasteiger partial charge in [-0.25, -0.2) is 0 Å². The second kappa shape index (κ2) is 17.6. The van der Waals surface area contributed by atoms with Gasteiger partial charge in [0.1, 0.15) is 0 Å². The van der Waals surface area contributed by atoms with E-state index in [4.69, 9.17) is 46.3 Å². The van der Waals surface area contributed by atoms with Gasteiger partial charge in [0.2, 0.25) is 0 Å². The predicted molar refractivity (Wildman–Crippen MR) is 86.7 cm³/mol. The molecule has 0 radical (unpaired) electrons. The largest absolute Gasteiger partial charge is 1.00 e. The molecular formula is C14H29N2NaO8. The first kappa shape index (κ1) is 31.6. The average molecular weight is 376 g/mol. The monoisotopic (exact) mass is 376 g/mol. The molecule has 0 heterocycles. The van der Waals surface area contributed by atoms with Crippen molar-refractivity contribution in [1.82, 2.24) is 0 Å². The van der Waals surface area contributed by atoms with Crippen LogP contribution in [0.5, 0.6) is 0 Å². The molecule has 8 N–H and O–H groups in total. The topological polar surface area (TPSA) is 201 Å². The molecule has 25 heavy (non-hydrogen) atoms. The van der Waals surface area contributed by atoms with Crippen molar-refractivity contribution in [2.24, 2.45) is 11.5 Å². The molecule has 1 saturated carbocycles. The third-order valence-corrected chi connectivity index (χ3v) is 2.63. The van der Waals surface area contributed by atoms with Gasteiger partial charge in [-0.1, -0.05) is 12.8 Å². The van der Waals surface area contributed by atoms with Crippen LogP contribution < -0.4 is 41.0 Å². The van der Waals surface area contributed by atoms with Gasteiger partial charge in [0.25, 0.3) is 17.9 Å². The van der Waals surface area contributed by atoms with Crippen LogP contribution in [0.25, 0.3) is 0 Å². The third kappa shape index (κ3) is 31.1. The van der Waals surface area contributed by atoms with Crippen molar-refractivity contribution in [2.45, 2.75) is 64.5 Å². The molecule has 0 aliphatic heterocycles.